The van der Waals surface area contributed by atoms with Crippen molar-refractivity contribution in [3.05, 3.63) is 35.5 Å². The summed E-state index contributed by atoms with van der Waals surface area (Å²) in [6.07, 6.45) is 0. The molecule has 2 rings (SSSR count). The maximum atomic E-state index is 9.50. The molecule has 3 heteroatoms. The molecule has 0 saturated carbocycles. The number of benzene rings is 1. The van der Waals surface area contributed by atoms with Gasteiger partial charge in [-0.05, 0) is 32.6 Å². The zero-order valence-electron chi connectivity index (χ0n) is 9.99. The van der Waals surface area contributed by atoms with Crippen molar-refractivity contribution in [1.29, 1.82) is 0 Å². The summed E-state index contributed by atoms with van der Waals surface area (Å²) in [5.74, 6) is 0. The quantitative estimate of drug-likeness (QED) is 0.828. The van der Waals surface area contributed by atoms with Crippen molar-refractivity contribution >= 4 is 10.9 Å². The molecule has 2 N–H and O–H groups in total. The van der Waals surface area contributed by atoms with E-state index in [9.17, 15) is 5.11 Å². The second-order valence-electron chi connectivity index (χ2n) is 4.37. The minimum absolute atomic E-state index is 0.0520. The van der Waals surface area contributed by atoms with Crippen LogP contribution in [-0.2, 0) is 0 Å². The Labute approximate surface area is 95.7 Å². The summed E-state index contributed by atoms with van der Waals surface area (Å²) < 4.78 is 0. The molecule has 0 radical (unpaired) electrons. The molecule has 1 unspecified atom stereocenters. The highest BCUT2D eigenvalue weighted by molar-refractivity contribution is 5.85. The lowest BCUT2D eigenvalue weighted by atomic mass is 10.0. The summed E-state index contributed by atoms with van der Waals surface area (Å²) in [4.78, 5) is 5.40. The number of aliphatic hydroxyl groups excluding tert-OH is 1. The molecule has 0 aliphatic carbocycles. The van der Waals surface area contributed by atoms with Crippen LogP contribution in [0.3, 0.4) is 0 Å². The molecule has 2 aromatic rings. The normalized spacial score (nSPS) is 13.6. The fraction of sp³-hybridized carbons (Fsp3) is 0.385. The van der Waals surface area contributed by atoms with Crippen molar-refractivity contribution in [2.75, 3.05) is 20.7 Å². The van der Waals surface area contributed by atoms with Crippen LogP contribution in [0.1, 0.15) is 17.3 Å². The minimum atomic E-state index is 0.0520. The molecule has 1 aromatic carbocycles. The number of nitrogens with one attached hydrogen (secondary N) is 1. The highest BCUT2D eigenvalue weighted by Crippen LogP contribution is 2.29. The molecule has 16 heavy (non-hydrogen) atoms. The average Bonchev–Trinajstić information content (AvgIpc) is 2.57. The summed E-state index contributed by atoms with van der Waals surface area (Å²) >= 11 is 0. The van der Waals surface area contributed by atoms with Gasteiger partial charge in [-0.15, -0.1) is 0 Å². The van der Waals surface area contributed by atoms with Gasteiger partial charge in [-0.3, -0.25) is 0 Å². The molecule has 1 aromatic heterocycles. The summed E-state index contributed by atoms with van der Waals surface area (Å²) in [6, 6.07) is 8.27. The van der Waals surface area contributed by atoms with Gasteiger partial charge in [-0.2, -0.15) is 0 Å². The summed E-state index contributed by atoms with van der Waals surface area (Å²) in [6.45, 7) is 2.19. The second kappa shape index (κ2) is 4.28. The fourth-order valence-electron chi connectivity index (χ4n) is 2.24. The van der Waals surface area contributed by atoms with E-state index in [2.05, 4.69) is 24.0 Å². The van der Waals surface area contributed by atoms with Gasteiger partial charge in [0, 0.05) is 16.6 Å². The Bertz CT molecular complexity index is 488. The molecule has 0 bridgehead atoms. The van der Waals surface area contributed by atoms with Crippen LogP contribution in [0, 0.1) is 6.92 Å². The monoisotopic (exact) mass is 218 g/mol. The van der Waals surface area contributed by atoms with Gasteiger partial charge in [0.05, 0.1) is 12.6 Å². The van der Waals surface area contributed by atoms with Crippen LogP contribution in [0.15, 0.2) is 24.3 Å². The molecular formula is C13H18N2O. The van der Waals surface area contributed by atoms with Crippen molar-refractivity contribution in [2.45, 2.75) is 13.0 Å². The Hall–Kier alpha value is -1.32. The smallest absolute Gasteiger partial charge is 0.0629 e. The number of para-hydroxylation sites is 1. The van der Waals surface area contributed by atoms with E-state index >= 15 is 0 Å². The van der Waals surface area contributed by atoms with Crippen molar-refractivity contribution in [2.24, 2.45) is 0 Å². The third-order valence-electron chi connectivity index (χ3n) is 3.07. The Morgan fingerprint density at radius 1 is 1.31 bits per heavy atom. The van der Waals surface area contributed by atoms with Crippen molar-refractivity contribution in [3.8, 4) is 0 Å². The van der Waals surface area contributed by atoms with Gasteiger partial charge in [0.2, 0.25) is 0 Å². The van der Waals surface area contributed by atoms with Gasteiger partial charge in [0.25, 0.3) is 0 Å². The van der Waals surface area contributed by atoms with Crippen molar-refractivity contribution in [3.63, 3.8) is 0 Å². The standard InChI is InChI=1S/C13H18N2O/c1-9-13(12(8-16)15(2)3)10-6-4-5-7-11(10)14-9/h4-7,12,14,16H,8H2,1-3H3. The van der Waals surface area contributed by atoms with E-state index in [4.69, 9.17) is 0 Å². The Morgan fingerprint density at radius 3 is 2.62 bits per heavy atom. The third kappa shape index (κ3) is 1.72. The number of H-pyrrole nitrogens is 1. The predicted octanol–water partition coefficient (Wildman–Crippen LogP) is 2.07. The first-order valence-electron chi connectivity index (χ1n) is 5.49. The molecule has 0 aliphatic rings. The molecule has 0 fully saturated rings. The van der Waals surface area contributed by atoms with Crippen molar-refractivity contribution in [1.82, 2.24) is 9.88 Å². The van der Waals surface area contributed by atoms with E-state index in [1.54, 1.807) is 0 Å². The number of rotatable bonds is 3. The largest absolute Gasteiger partial charge is 0.394 e. The number of nitrogens with zero attached hydrogens (tertiary/aromatic N) is 1. The maximum Gasteiger partial charge on any atom is 0.0629 e. The van der Waals surface area contributed by atoms with Gasteiger partial charge >= 0.3 is 0 Å². The van der Waals surface area contributed by atoms with Gasteiger partial charge < -0.3 is 15.0 Å². The summed E-state index contributed by atoms with van der Waals surface area (Å²) in [7, 11) is 3.98. The molecule has 0 aliphatic heterocycles. The third-order valence-corrected chi connectivity index (χ3v) is 3.07. The number of hydrogen-bond acceptors (Lipinski definition) is 2. The van der Waals surface area contributed by atoms with Crippen LogP contribution >= 0.6 is 0 Å². The molecule has 0 saturated heterocycles. The zero-order chi connectivity index (χ0) is 11.7. The number of fused-ring (bicyclic) bond motifs is 1. The maximum absolute atomic E-state index is 9.50. The lowest BCUT2D eigenvalue weighted by Gasteiger charge is -2.22. The van der Waals surface area contributed by atoms with Crippen LogP contribution in [0.4, 0.5) is 0 Å². The first kappa shape index (κ1) is 11.2. The number of aromatic nitrogens is 1. The number of likely N-dealkylation sites (N-methyl/N-ethyl adjacent to an activating group) is 1. The Kier molecular flexibility index (Phi) is 2.99. The molecule has 1 atom stereocenters. The van der Waals surface area contributed by atoms with Gasteiger partial charge in [-0.25, -0.2) is 0 Å². The minimum Gasteiger partial charge on any atom is -0.394 e. The average molecular weight is 218 g/mol. The zero-order valence-corrected chi connectivity index (χ0v) is 9.99. The van der Waals surface area contributed by atoms with E-state index in [1.807, 2.05) is 31.1 Å². The van der Waals surface area contributed by atoms with Crippen LogP contribution in [-0.4, -0.2) is 35.7 Å². The lowest BCUT2D eigenvalue weighted by molar-refractivity contribution is 0.171. The lowest BCUT2D eigenvalue weighted by Crippen LogP contribution is -2.23. The van der Waals surface area contributed by atoms with Crippen LogP contribution in [0.5, 0.6) is 0 Å². The highest BCUT2D eigenvalue weighted by atomic mass is 16.3. The van der Waals surface area contributed by atoms with Gasteiger partial charge in [0.15, 0.2) is 0 Å². The van der Waals surface area contributed by atoms with E-state index in [0.29, 0.717) is 0 Å². The van der Waals surface area contributed by atoms with E-state index in [-0.39, 0.29) is 12.6 Å². The molecule has 1 heterocycles. The van der Waals surface area contributed by atoms with E-state index < -0.39 is 0 Å². The van der Waals surface area contributed by atoms with Crippen LogP contribution < -0.4 is 0 Å². The fourth-order valence-corrected chi connectivity index (χ4v) is 2.24. The Balaban J connectivity index is 2.62. The van der Waals surface area contributed by atoms with Crippen LogP contribution in [0.2, 0.25) is 0 Å². The number of aliphatic hydroxyl groups is 1. The van der Waals surface area contributed by atoms with Gasteiger partial charge in [0.1, 0.15) is 0 Å². The summed E-state index contributed by atoms with van der Waals surface area (Å²) in [5.41, 5.74) is 3.47. The molecule has 0 amide bonds. The van der Waals surface area contributed by atoms with Crippen molar-refractivity contribution < 1.29 is 5.11 Å². The first-order chi connectivity index (χ1) is 7.65. The number of aromatic amines is 1. The predicted molar refractivity (Wildman–Crippen MR) is 66.5 cm³/mol. The molecular weight excluding hydrogens is 200 g/mol. The second-order valence-corrected chi connectivity index (χ2v) is 4.37. The SMILES string of the molecule is Cc1[nH]c2ccccc2c1C(CO)N(C)C. The topological polar surface area (TPSA) is 39.3 Å². The molecule has 3 nitrogen and oxygen atoms in total. The van der Waals surface area contributed by atoms with E-state index in [1.165, 1.54) is 10.9 Å². The number of hydrogen-bond donors (Lipinski definition) is 2. The Morgan fingerprint density at radius 2 is 2.00 bits per heavy atom. The molecule has 0 spiro atoms. The van der Waals surface area contributed by atoms with E-state index in [0.717, 1.165) is 11.2 Å². The van der Waals surface area contributed by atoms with Gasteiger partial charge in [-0.1, -0.05) is 18.2 Å². The number of aryl methyl sites for hydroxylation is 1. The highest BCUT2D eigenvalue weighted by Gasteiger charge is 2.19. The van der Waals surface area contributed by atoms with Crippen LogP contribution in [0.25, 0.3) is 10.9 Å². The molecule has 86 valence electrons. The summed E-state index contributed by atoms with van der Waals surface area (Å²) in [5, 5.41) is 10.7. The first-order valence-corrected chi connectivity index (χ1v) is 5.49.